The molecule has 0 radical (unpaired) electrons. The van der Waals surface area contributed by atoms with E-state index < -0.39 is 17.8 Å². The maximum atomic E-state index is 13.8. The first-order chi connectivity index (χ1) is 18.2. The van der Waals surface area contributed by atoms with E-state index in [-0.39, 0.29) is 29.3 Å². The number of halogens is 1. The number of hydrogen-bond donors (Lipinski definition) is 1. The number of carbonyl (C=O) groups is 2. The van der Waals surface area contributed by atoms with Gasteiger partial charge in [-0.1, -0.05) is 19.1 Å². The van der Waals surface area contributed by atoms with Gasteiger partial charge in [0.1, 0.15) is 11.7 Å². The van der Waals surface area contributed by atoms with Crippen LogP contribution in [0.15, 0.2) is 57.1 Å². The molecule has 0 amide bonds. The Kier molecular flexibility index (Phi) is 8.61. The highest BCUT2D eigenvalue weighted by atomic mass is 79.9. The van der Waals surface area contributed by atoms with Crippen molar-refractivity contribution in [1.82, 2.24) is 0 Å². The Morgan fingerprint density at radius 1 is 1.16 bits per heavy atom. The summed E-state index contributed by atoms with van der Waals surface area (Å²) in [5.41, 5.74) is 3.56. The number of phenolic OH excluding ortho intramolecular Hbond substituents is 1. The third-order valence-corrected chi connectivity index (χ3v) is 7.94. The van der Waals surface area contributed by atoms with Crippen molar-refractivity contribution in [3.63, 3.8) is 0 Å². The Balaban J connectivity index is 1.82. The SMILES string of the molecule is CCOc1cc([C@H]2C3=C(C[C@@H](c4ccc(OC)cc4)CC3=O)N=C(C)C2C(=O)O[C@@H](C)CC)cc(Br)c1O. The Morgan fingerprint density at radius 2 is 1.87 bits per heavy atom. The van der Waals surface area contributed by atoms with Gasteiger partial charge >= 0.3 is 5.97 Å². The van der Waals surface area contributed by atoms with Crippen molar-refractivity contribution < 1.29 is 28.9 Å². The maximum Gasteiger partial charge on any atom is 0.315 e. The number of phenols is 1. The van der Waals surface area contributed by atoms with Crippen LogP contribution in [0.5, 0.6) is 17.2 Å². The average Bonchev–Trinajstić information content (AvgIpc) is 2.90. The standard InChI is InChI=1S/C30H34BrNO6/c1-6-16(3)38-30(35)26-17(4)32-23-13-19(18-8-10-21(36-5)11-9-18)14-24(33)28(23)27(26)20-12-22(31)29(34)25(15-20)37-7-2/h8-12,15-16,19,26-27,34H,6-7,13-14H2,1-5H3/t16-,19+,26?,27+/m0/s1. The van der Waals surface area contributed by atoms with E-state index >= 15 is 0 Å². The molecule has 2 aromatic rings. The largest absolute Gasteiger partial charge is 0.503 e. The summed E-state index contributed by atoms with van der Waals surface area (Å²) in [6.45, 7) is 7.80. The van der Waals surface area contributed by atoms with Gasteiger partial charge in [0.15, 0.2) is 17.3 Å². The molecule has 1 unspecified atom stereocenters. The molecule has 0 bridgehead atoms. The number of carbonyl (C=O) groups excluding carboxylic acids is 2. The van der Waals surface area contributed by atoms with Crippen molar-refractivity contribution >= 4 is 33.4 Å². The second-order valence-corrected chi connectivity index (χ2v) is 10.7. The van der Waals surface area contributed by atoms with Crippen molar-refractivity contribution in [2.24, 2.45) is 10.9 Å². The first kappa shape index (κ1) is 27.9. The number of benzene rings is 2. The van der Waals surface area contributed by atoms with Crippen molar-refractivity contribution in [3.05, 3.63) is 63.3 Å². The third kappa shape index (κ3) is 5.51. The molecule has 0 saturated heterocycles. The first-order valence-corrected chi connectivity index (χ1v) is 13.8. The van der Waals surface area contributed by atoms with Crippen LogP contribution in [0.4, 0.5) is 0 Å². The highest BCUT2D eigenvalue weighted by molar-refractivity contribution is 9.10. The summed E-state index contributed by atoms with van der Waals surface area (Å²) in [6.07, 6.45) is 1.29. The molecule has 4 atom stereocenters. The van der Waals surface area contributed by atoms with E-state index in [4.69, 9.17) is 19.2 Å². The van der Waals surface area contributed by atoms with Gasteiger partial charge in [-0.25, -0.2) is 0 Å². The lowest BCUT2D eigenvalue weighted by molar-refractivity contribution is -0.151. The summed E-state index contributed by atoms with van der Waals surface area (Å²) in [6, 6.07) is 11.2. The summed E-state index contributed by atoms with van der Waals surface area (Å²) in [5, 5.41) is 10.5. The third-order valence-electron chi connectivity index (χ3n) is 7.33. The van der Waals surface area contributed by atoms with Crippen LogP contribution in [0.3, 0.4) is 0 Å². The van der Waals surface area contributed by atoms with E-state index in [0.717, 1.165) is 11.3 Å². The molecule has 7 nitrogen and oxygen atoms in total. The number of allylic oxidation sites excluding steroid dienone is 2. The fourth-order valence-electron chi connectivity index (χ4n) is 5.23. The topological polar surface area (TPSA) is 94.4 Å². The van der Waals surface area contributed by atoms with Gasteiger partial charge < -0.3 is 19.3 Å². The Labute approximate surface area is 232 Å². The molecule has 0 saturated carbocycles. The van der Waals surface area contributed by atoms with E-state index in [1.165, 1.54) is 0 Å². The minimum absolute atomic E-state index is 0.0285. The number of esters is 1. The number of ether oxygens (including phenoxy) is 3. The molecule has 202 valence electrons. The van der Waals surface area contributed by atoms with Crippen molar-refractivity contribution in [2.75, 3.05) is 13.7 Å². The molecule has 0 spiro atoms. The van der Waals surface area contributed by atoms with Crippen molar-refractivity contribution in [2.45, 2.75) is 64.9 Å². The fraction of sp³-hybridized carbons (Fsp3) is 0.433. The number of rotatable bonds is 8. The van der Waals surface area contributed by atoms with Crippen molar-refractivity contribution in [3.8, 4) is 17.2 Å². The number of hydrogen-bond acceptors (Lipinski definition) is 7. The lowest BCUT2D eigenvalue weighted by Gasteiger charge is -2.37. The molecule has 1 aliphatic carbocycles. The number of ketones is 1. The van der Waals surface area contributed by atoms with E-state index in [1.54, 1.807) is 19.2 Å². The number of Topliss-reactive ketones (excluding diaryl/α,β-unsaturated/α-hetero) is 1. The van der Waals surface area contributed by atoms with Gasteiger partial charge in [0.25, 0.3) is 0 Å². The van der Waals surface area contributed by atoms with Crippen LogP contribution in [0.1, 0.15) is 69.9 Å². The van der Waals surface area contributed by atoms with Gasteiger partial charge in [-0.15, -0.1) is 0 Å². The van der Waals surface area contributed by atoms with Gasteiger partial charge in [0, 0.05) is 29.3 Å². The van der Waals surface area contributed by atoms with E-state index in [0.29, 0.717) is 52.9 Å². The zero-order chi connectivity index (χ0) is 27.6. The van der Waals surface area contributed by atoms with Crippen LogP contribution >= 0.6 is 15.9 Å². The molecule has 0 aromatic heterocycles. The highest BCUT2D eigenvalue weighted by Gasteiger charge is 2.45. The summed E-state index contributed by atoms with van der Waals surface area (Å²) < 4.78 is 17.1. The lowest BCUT2D eigenvalue weighted by atomic mass is 9.69. The quantitative estimate of drug-likeness (QED) is 0.357. The van der Waals surface area contributed by atoms with Crippen LogP contribution in [-0.2, 0) is 14.3 Å². The van der Waals surface area contributed by atoms with Crippen LogP contribution < -0.4 is 9.47 Å². The molecule has 0 fully saturated rings. The van der Waals surface area contributed by atoms with E-state index in [2.05, 4.69) is 15.9 Å². The van der Waals surface area contributed by atoms with Crippen molar-refractivity contribution in [1.29, 1.82) is 0 Å². The Hall–Kier alpha value is -3.13. The average molecular weight is 585 g/mol. The van der Waals surface area contributed by atoms with Crippen LogP contribution in [0.25, 0.3) is 0 Å². The normalized spacial score (nSPS) is 21.9. The predicted molar refractivity (Wildman–Crippen MR) is 149 cm³/mol. The monoisotopic (exact) mass is 583 g/mol. The maximum absolute atomic E-state index is 13.8. The van der Waals surface area contributed by atoms with E-state index in [1.807, 2.05) is 52.0 Å². The zero-order valence-corrected chi connectivity index (χ0v) is 24.0. The smallest absolute Gasteiger partial charge is 0.315 e. The van der Waals surface area contributed by atoms with Gasteiger partial charge in [-0.05, 0) is 90.9 Å². The second kappa shape index (κ2) is 11.7. The molecule has 8 heteroatoms. The minimum Gasteiger partial charge on any atom is -0.503 e. The summed E-state index contributed by atoms with van der Waals surface area (Å²) in [4.78, 5) is 32.2. The molecule has 1 N–H and O–H groups in total. The van der Waals surface area contributed by atoms with Crippen LogP contribution in [0, 0.1) is 5.92 Å². The van der Waals surface area contributed by atoms with Crippen LogP contribution in [0.2, 0.25) is 0 Å². The van der Waals surface area contributed by atoms with Gasteiger partial charge in [0.05, 0.1) is 24.3 Å². The molecule has 38 heavy (non-hydrogen) atoms. The molecule has 2 aromatic carbocycles. The minimum atomic E-state index is -0.768. The predicted octanol–water partition coefficient (Wildman–Crippen LogP) is 6.48. The van der Waals surface area contributed by atoms with Gasteiger partial charge in [0.2, 0.25) is 0 Å². The molecular formula is C30H34BrNO6. The molecule has 2 aliphatic rings. The van der Waals surface area contributed by atoms with Crippen LogP contribution in [-0.4, -0.2) is 42.4 Å². The molecule has 1 heterocycles. The Bertz CT molecular complexity index is 1280. The summed E-state index contributed by atoms with van der Waals surface area (Å²) >= 11 is 3.42. The lowest BCUT2D eigenvalue weighted by Crippen LogP contribution is -2.39. The molecule has 1 aliphatic heterocycles. The van der Waals surface area contributed by atoms with Gasteiger partial charge in [-0.2, -0.15) is 0 Å². The van der Waals surface area contributed by atoms with Gasteiger partial charge in [-0.3, -0.25) is 14.6 Å². The summed E-state index contributed by atoms with van der Waals surface area (Å²) in [7, 11) is 1.62. The number of aromatic hydroxyl groups is 1. The summed E-state index contributed by atoms with van der Waals surface area (Å²) in [5.74, 6) is -0.853. The Morgan fingerprint density at radius 3 is 2.50 bits per heavy atom. The molecular weight excluding hydrogens is 550 g/mol. The zero-order valence-electron chi connectivity index (χ0n) is 22.4. The second-order valence-electron chi connectivity index (χ2n) is 9.81. The van der Waals surface area contributed by atoms with E-state index in [9.17, 15) is 14.7 Å². The first-order valence-electron chi connectivity index (χ1n) is 13.0. The number of nitrogens with zero attached hydrogens (tertiary/aromatic N) is 1. The number of aliphatic imine (C=N–C) groups is 1. The highest BCUT2D eigenvalue weighted by Crippen LogP contribution is 2.49. The number of methoxy groups -OCH3 is 1. The molecule has 4 rings (SSSR count). The fourth-order valence-corrected chi connectivity index (χ4v) is 5.69.